The molecule has 7 heteroatoms. The molecule has 0 amide bonds. The molecule has 90 heavy (non-hydrogen) atoms. The number of unbranched alkanes of at least 4 members (excludes halogenated alkanes) is 14. The van der Waals surface area contributed by atoms with Gasteiger partial charge >= 0.3 is 0 Å². The average Bonchev–Trinajstić information content (AvgIpc) is 0.899. The molecule has 0 aromatic heterocycles. The Hall–Kier alpha value is -2.74. The summed E-state index contributed by atoms with van der Waals surface area (Å²) in [5, 5.41) is 24.2. The number of aromatic hydroxyl groups is 2. The summed E-state index contributed by atoms with van der Waals surface area (Å²) in [4.78, 5) is 11.0. The lowest BCUT2D eigenvalue weighted by atomic mass is 9.69. The molecule has 2 aromatic rings. The SMILES string of the molecule is CCCCCC(CCC[N+](CCCC)(CCCC)CCCC)(CCC[N+](CCCC)(CCCC)CCCC)c1cc(C)c(O)c(C=N[C@H]2CCCC[C@@H]2N=Cc2cc(C(CCCC)(CCCC)CCCC[N+](CCCC)(CCCC)CCCC)cc(C)c2O)c1. The highest BCUT2D eigenvalue weighted by molar-refractivity contribution is 5.86. The molecule has 7 nitrogen and oxygen atoms in total. The van der Waals surface area contributed by atoms with E-state index in [1.165, 1.54) is 328 Å². The van der Waals surface area contributed by atoms with E-state index in [1.54, 1.807) is 0 Å². The molecule has 2 aromatic carbocycles. The fourth-order valence-corrected chi connectivity index (χ4v) is 16.4. The van der Waals surface area contributed by atoms with Crippen LogP contribution < -0.4 is 0 Å². The normalized spacial score (nSPS) is 15.6. The van der Waals surface area contributed by atoms with Gasteiger partial charge in [-0.25, -0.2) is 0 Å². The van der Waals surface area contributed by atoms with Crippen LogP contribution in [0.2, 0.25) is 0 Å². The van der Waals surface area contributed by atoms with E-state index < -0.39 is 0 Å². The van der Waals surface area contributed by atoms with Crippen LogP contribution in [0.5, 0.6) is 11.5 Å². The lowest BCUT2D eigenvalue weighted by Crippen LogP contribution is -2.51. The molecule has 520 valence electrons. The predicted octanol–water partition coefficient (Wildman–Crippen LogP) is 23.4. The van der Waals surface area contributed by atoms with E-state index in [0.717, 1.165) is 47.9 Å². The minimum Gasteiger partial charge on any atom is -0.507 e. The van der Waals surface area contributed by atoms with Crippen LogP contribution in [0.25, 0.3) is 0 Å². The monoisotopic (exact) mass is 1250 g/mol. The Morgan fingerprint density at radius 2 is 0.578 bits per heavy atom. The summed E-state index contributed by atoms with van der Waals surface area (Å²) < 4.78 is 3.91. The highest BCUT2D eigenvalue weighted by atomic mass is 16.3. The van der Waals surface area contributed by atoms with Gasteiger partial charge in [-0.1, -0.05) is 211 Å². The zero-order chi connectivity index (χ0) is 66.0. The number of rotatable bonds is 56. The molecule has 0 saturated heterocycles. The van der Waals surface area contributed by atoms with Gasteiger partial charge in [0.25, 0.3) is 0 Å². The van der Waals surface area contributed by atoms with Crippen LogP contribution >= 0.6 is 0 Å². The van der Waals surface area contributed by atoms with Gasteiger partial charge in [0.2, 0.25) is 0 Å². The average molecular weight is 1250 g/mol. The van der Waals surface area contributed by atoms with Gasteiger partial charge in [0.15, 0.2) is 0 Å². The van der Waals surface area contributed by atoms with Crippen molar-refractivity contribution in [1.29, 1.82) is 0 Å². The summed E-state index contributed by atoms with van der Waals surface area (Å²) in [6.07, 6.45) is 52.7. The van der Waals surface area contributed by atoms with Crippen LogP contribution in [-0.4, -0.2) is 127 Å². The van der Waals surface area contributed by atoms with Gasteiger partial charge < -0.3 is 23.7 Å². The van der Waals surface area contributed by atoms with Gasteiger partial charge in [-0.3, -0.25) is 9.98 Å². The van der Waals surface area contributed by atoms with Gasteiger partial charge in [0.1, 0.15) is 11.5 Å². The summed E-state index contributed by atoms with van der Waals surface area (Å²) in [6.45, 7) is 48.7. The van der Waals surface area contributed by atoms with Crippen molar-refractivity contribution in [3.8, 4) is 11.5 Å². The highest BCUT2D eigenvalue weighted by Crippen LogP contribution is 2.45. The summed E-state index contributed by atoms with van der Waals surface area (Å²) in [6, 6.07) is 9.62. The number of nitrogens with zero attached hydrogens (tertiary/aromatic N) is 5. The van der Waals surface area contributed by atoms with Crippen LogP contribution in [0.1, 0.15) is 367 Å². The van der Waals surface area contributed by atoms with Gasteiger partial charge in [-0.05, 0) is 194 Å². The van der Waals surface area contributed by atoms with Gasteiger partial charge in [0, 0.05) is 23.6 Å². The number of phenolic OH excluding ortho intramolecular Hbond substituents is 2. The Bertz CT molecular complexity index is 2090. The number of aryl methyl sites for hydroxylation is 2. The lowest BCUT2D eigenvalue weighted by molar-refractivity contribution is -0.929. The first-order valence-electron chi connectivity index (χ1n) is 39.9. The van der Waals surface area contributed by atoms with E-state index in [-0.39, 0.29) is 22.9 Å². The Kier molecular flexibility index (Phi) is 42.0. The number of hydrogen-bond acceptors (Lipinski definition) is 4. The summed E-state index contributed by atoms with van der Waals surface area (Å²) >= 11 is 0. The van der Waals surface area contributed by atoms with Crippen molar-refractivity contribution in [2.24, 2.45) is 9.98 Å². The molecule has 1 aliphatic rings. The van der Waals surface area contributed by atoms with Crippen molar-refractivity contribution in [1.82, 2.24) is 0 Å². The second-order valence-corrected chi connectivity index (χ2v) is 30.2. The molecule has 0 radical (unpaired) electrons. The first-order valence-corrected chi connectivity index (χ1v) is 39.9. The van der Waals surface area contributed by atoms with Crippen LogP contribution in [0.15, 0.2) is 34.3 Å². The van der Waals surface area contributed by atoms with Crippen molar-refractivity contribution in [2.75, 3.05) is 78.5 Å². The summed E-state index contributed by atoms with van der Waals surface area (Å²) in [5.41, 5.74) is 6.71. The number of hydrogen-bond donors (Lipinski definition) is 2. The van der Waals surface area contributed by atoms with E-state index in [1.807, 2.05) is 6.21 Å². The van der Waals surface area contributed by atoms with Crippen LogP contribution in [-0.2, 0) is 10.8 Å². The van der Waals surface area contributed by atoms with Crippen molar-refractivity contribution < 1.29 is 23.7 Å². The first-order chi connectivity index (χ1) is 43.6. The van der Waals surface area contributed by atoms with Crippen molar-refractivity contribution in [3.63, 3.8) is 0 Å². The molecule has 3 rings (SSSR count). The molecule has 0 bridgehead atoms. The molecule has 0 spiro atoms. The fourth-order valence-electron chi connectivity index (χ4n) is 16.4. The molecule has 0 unspecified atom stereocenters. The molecule has 2 atom stereocenters. The molecule has 0 aliphatic heterocycles. The first kappa shape index (κ1) is 81.5. The highest BCUT2D eigenvalue weighted by Gasteiger charge is 2.38. The third-order valence-corrected chi connectivity index (χ3v) is 22.7. The molecule has 1 saturated carbocycles. The lowest BCUT2D eigenvalue weighted by Gasteiger charge is -2.43. The maximum absolute atomic E-state index is 12.2. The zero-order valence-corrected chi connectivity index (χ0v) is 62.8. The van der Waals surface area contributed by atoms with Crippen molar-refractivity contribution in [2.45, 2.75) is 370 Å². The minimum absolute atomic E-state index is 0.0188. The fraction of sp³-hybridized carbons (Fsp3) is 0.831. The second kappa shape index (κ2) is 46.4. The van der Waals surface area contributed by atoms with E-state index in [9.17, 15) is 10.2 Å². The van der Waals surface area contributed by atoms with Crippen molar-refractivity contribution in [3.05, 3.63) is 57.6 Å². The number of phenols is 2. The van der Waals surface area contributed by atoms with E-state index in [4.69, 9.17) is 9.98 Å². The second-order valence-electron chi connectivity index (χ2n) is 30.2. The number of aliphatic imine (C=N–C) groups is 2. The van der Waals surface area contributed by atoms with Crippen LogP contribution in [0.4, 0.5) is 0 Å². The van der Waals surface area contributed by atoms with Gasteiger partial charge in [0.05, 0.1) is 90.6 Å². The smallest absolute Gasteiger partial charge is 0.127 e. The predicted molar refractivity (Wildman–Crippen MR) is 399 cm³/mol. The van der Waals surface area contributed by atoms with E-state index in [0.29, 0.717) is 11.5 Å². The Morgan fingerprint density at radius 3 is 0.867 bits per heavy atom. The number of quaternary nitrogens is 3. The quantitative estimate of drug-likeness (QED) is 0.0394. The number of benzene rings is 2. The molecule has 0 heterocycles. The molecule has 1 fully saturated rings. The largest absolute Gasteiger partial charge is 0.507 e. The molecular weight excluding hydrogens is 1100 g/mol. The van der Waals surface area contributed by atoms with Crippen LogP contribution in [0, 0.1) is 13.8 Å². The van der Waals surface area contributed by atoms with Crippen molar-refractivity contribution >= 4 is 12.4 Å². The maximum Gasteiger partial charge on any atom is 0.127 e. The Labute approximate surface area is 561 Å². The van der Waals surface area contributed by atoms with E-state index >= 15 is 0 Å². The third-order valence-electron chi connectivity index (χ3n) is 22.7. The van der Waals surface area contributed by atoms with Gasteiger partial charge in [-0.2, -0.15) is 0 Å². The molecule has 1 aliphatic carbocycles. The summed E-state index contributed by atoms with van der Waals surface area (Å²) in [7, 11) is 0. The molecular formula is C83H154N5O2+3. The van der Waals surface area contributed by atoms with Gasteiger partial charge in [-0.15, -0.1) is 0 Å². The third kappa shape index (κ3) is 27.5. The summed E-state index contributed by atoms with van der Waals surface area (Å²) in [5.74, 6) is 0.766. The topological polar surface area (TPSA) is 65.2 Å². The maximum atomic E-state index is 12.2. The zero-order valence-electron chi connectivity index (χ0n) is 62.8. The van der Waals surface area contributed by atoms with E-state index in [2.05, 4.69) is 127 Å². The standard InChI is InChI=1S/C83H152N5O2/c1-15-27-41-50-83(52-44-64-87(57-33-21-7,58-34-22-8)59-35-23-9,53-45-65-88(60-36-24-10,61-37-25-11)62-38-26-12)77-67-73(14)81(90)75(69-77)71-85-79-47-40-39-46-78(79)84-70-74-68-76(66-72(13)80(74)89)82(48-28-16-2,49-29-17-3)51-42-43-63-86(54-30-18-4,55-31-19-5)56-32-20-6/h66-71,78-79H,15-65H2,1-14H3/q+1/p+2/t78-,79-/m0/s1. The van der Waals surface area contributed by atoms with Crippen LogP contribution in [0.3, 0.4) is 0 Å². The molecule has 2 N–H and O–H groups in total. The Morgan fingerprint density at radius 1 is 0.333 bits per heavy atom. The minimum atomic E-state index is 0.0188. The Balaban J connectivity index is 2.18.